The van der Waals surface area contributed by atoms with Crippen LogP contribution in [0.4, 0.5) is 4.79 Å². The molecule has 0 bridgehead atoms. The molecule has 0 fully saturated rings. The summed E-state index contributed by atoms with van der Waals surface area (Å²) < 4.78 is 0. The standard InChI is InChI=1S/C17H24N2O2/c1-11(8-9-20)18-17(21)19-15-10-13-6-2-4-12-5-3-7-14(15)16(12)13/h3,5,7,11,13,15,20H,2,4,6,8-10H2,1H3,(H2,18,19,21)/t11-,13?,15?/m1/s1. The van der Waals surface area contributed by atoms with Crippen LogP contribution in [0.5, 0.6) is 0 Å². The summed E-state index contributed by atoms with van der Waals surface area (Å²) in [5.41, 5.74) is 4.28. The number of carbonyl (C=O) groups is 1. The molecule has 3 atom stereocenters. The highest BCUT2D eigenvalue weighted by atomic mass is 16.3. The van der Waals surface area contributed by atoms with Gasteiger partial charge in [0, 0.05) is 12.6 Å². The van der Waals surface area contributed by atoms with Crippen LogP contribution >= 0.6 is 0 Å². The van der Waals surface area contributed by atoms with Crippen molar-refractivity contribution in [2.24, 2.45) is 0 Å². The molecule has 0 saturated heterocycles. The Morgan fingerprint density at radius 1 is 1.48 bits per heavy atom. The lowest BCUT2D eigenvalue weighted by Crippen LogP contribution is -2.42. The quantitative estimate of drug-likeness (QED) is 0.797. The third-order valence-electron chi connectivity index (χ3n) is 4.78. The SMILES string of the molecule is C[C@H](CCO)NC(=O)NC1CC2CCCc3cccc1c32. The Morgan fingerprint density at radius 2 is 2.33 bits per heavy atom. The molecule has 21 heavy (non-hydrogen) atoms. The molecular formula is C17H24N2O2. The van der Waals surface area contributed by atoms with Crippen LogP contribution < -0.4 is 10.6 Å². The van der Waals surface area contributed by atoms with Crippen molar-refractivity contribution in [3.05, 3.63) is 34.9 Å². The zero-order chi connectivity index (χ0) is 14.8. The van der Waals surface area contributed by atoms with E-state index in [9.17, 15) is 4.79 Å². The Bertz CT molecular complexity index is 530. The van der Waals surface area contributed by atoms with E-state index in [1.807, 2.05) is 6.92 Å². The van der Waals surface area contributed by atoms with E-state index in [4.69, 9.17) is 5.11 Å². The molecule has 4 heteroatoms. The van der Waals surface area contributed by atoms with Crippen LogP contribution in [-0.4, -0.2) is 23.8 Å². The van der Waals surface area contributed by atoms with E-state index in [0.29, 0.717) is 12.3 Å². The molecule has 4 nitrogen and oxygen atoms in total. The largest absolute Gasteiger partial charge is 0.396 e. The van der Waals surface area contributed by atoms with Gasteiger partial charge in [-0.25, -0.2) is 4.79 Å². The predicted octanol–water partition coefficient (Wildman–Crippen LogP) is 2.62. The minimum atomic E-state index is -0.128. The molecule has 1 aromatic carbocycles. The Balaban J connectivity index is 1.69. The molecule has 0 radical (unpaired) electrons. The highest BCUT2D eigenvalue weighted by molar-refractivity contribution is 5.75. The lowest BCUT2D eigenvalue weighted by Gasteiger charge is -2.20. The normalized spacial score (nSPS) is 24.3. The van der Waals surface area contributed by atoms with Gasteiger partial charge in [-0.2, -0.15) is 0 Å². The Hall–Kier alpha value is -1.55. The summed E-state index contributed by atoms with van der Waals surface area (Å²) in [7, 11) is 0. The molecule has 0 spiro atoms. The van der Waals surface area contributed by atoms with Crippen LogP contribution in [0, 0.1) is 0 Å². The lowest BCUT2D eigenvalue weighted by atomic mass is 9.84. The third-order valence-corrected chi connectivity index (χ3v) is 4.78. The van der Waals surface area contributed by atoms with Gasteiger partial charge in [0.05, 0.1) is 6.04 Å². The second kappa shape index (κ2) is 6.06. The number of nitrogens with one attached hydrogen (secondary N) is 2. The number of rotatable bonds is 4. The van der Waals surface area contributed by atoms with Gasteiger partial charge in [0.25, 0.3) is 0 Å². The first-order valence-electron chi connectivity index (χ1n) is 7.98. The van der Waals surface area contributed by atoms with Crippen molar-refractivity contribution in [1.29, 1.82) is 0 Å². The topological polar surface area (TPSA) is 61.4 Å². The second-order valence-electron chi connectivity index (χ2n) is 6.33. The maximum Gasteiger partial charge on any atom is 0.315 e. The average Bonchev–Trinajstić information content (AvgIpc) is 2.79. The summed E-state index contributed by atoms with van der Waals surface area (Å²) >= 11 is 0. The van der Waals surface area contributed by atoms with Crippen molar-refractivity contribution in [2.75, 3.05) is 6.61 Å². The summed E-state index contributed by atoms with van der Waals surface area (Å²) in [6, 6.07) is 6.50. The molecule has 0 aromatic heterocycles. The fourth-order valence-corrected chi connectivity index (χ4v) is 3.81. The first-order chi connectivity index (χ1) is 10.2. The second-order valence-corrected chi connectivity index (χ2v) is 6.33. The number of aryl methyl sites for hydroxylation is 1. The number of amides is 2. The lowest BCUT2D eigenvalue weighted by molar-refractivity contribution is 0.227. The van der Waals surface area contributed by atoms with Gasteiger partial charge in [0.1, 0.15) is 0 Å². The molecule has 114 valence electrons. The van der Waals surface area contributed by atoms with E-state index >= 15 is 0 Å². The predicted molar refractivity (Wildman–Crippen MR) is 82.3 cm³/mol. The number of aliphatic hydroxyl groups excluding tert-OH is 1. The summed E-state index contributed by atoms with van der Waals surface area (Å²) in [6.45, 7) is 2.01. The van der Waals surface area contributed by atoms with Crippen LogP contribution in [0.25, 0.3) is 0 Å². The van der Waals surface area contributed by atoms with Crippen molar-refractivity contribution < 1.29 is 9.90 Å². The fourth-order valence-electron chi connectivity index (χ4n) is 3.81. The number of carbonyl (C=O) groups excluding carboxylic acids is 1. The van der Waals surface area contributed by atoms with Crippen LogP contribution in [0.3, 0.4) is 0 Å². The fraction of sp³-hybridized carbons (Fsp3) is 0.588. The number of aliphatic hydroxyl groups is 1. The Labute approximate surface area is 125 Å². The summed E-state index contributed by atoms with van der Waals surface area (Å²) in [6.07, 6.45) is 5.28. The van der Waals surface area contributed by atoms with Crippen LogP contribution in [0.1, 0.15) is 61.3 Å². The van der Waals surface area contributed by atoms with E-state index in [2.05, 4.69) is 28.8 Å². The van der Waals surface area contributed by atoms with Crippen molar-refractivity contribution in [2.45, 2.75) is 57.0 Å². The van der Waals surface area contributed by atoms with Gasteiger partial charge in [-0.05, 0) is 61.6 Å². The number of hydrogen-bond acceptors (Lipinski definition) is 2. The molecule has 1 aromatic rings. The van der Waals surface area contributed by atoms with Gasteiger partial charge in [0.15, 0.2) is 0 Å². The van der Waals surface area contributed by atoms with Gasteiger partial charge in [-0.15, -0.1) is 0 Å². The first kappa shape index (κ1) is 14.4. The summed E-state index contributed by atoms with van der Waals surface area (Å²) in [5.74, 6) is 0.616. The zero-order valence-corrected chi connectivity index (χ0v) is 12.6. The van der Waals surface area contributed by atoms with Crippen LogP contribution in [0.2, 0.25) is 0 Å². The van der Waals surface area contributed by atoms with E-state index in [-0.39, 0.29) is 24.7 Å². The molecule has 2 aliphatic rings. The monoisotopic (exact) mass is 288 g/mol. The van der Waals surface area contributed by atoms with E-state index < -0.39 is 0 Å². The molecule has 2 aliphatic carbocycles. The van der Waals surface area contributed by atoms with Crippen LogP contribution in [-0.2, 0) is 6.42 Å². The molecule has 0 saturated carbocycles. The maximum atomic E-state index is 12.1. The minimum Gasteiger partial charge on any atom is -0.396 e. The highest BCUT2D eigenvalue weighted by Gasteiger charge is 2.35. The molecule has 2 amide bonds. The van der Waals surface area contributed by atoms with Gasteiger partial charge < -0.3 is 15.7 Å². The van der Waals surface area contributed by atoms with E-state index in [0.717, 1.165) is 6.42 Å². The molecule has 3 rings (SSSR count). The van der Waals surface area contributed by atoms with Gasteiger partial charge in [-0.1, -0.05) is 18.2 Å². The maximum absolute atomic E-state index is 12.1. The smallest absolute Gasteiger partial charge is 0.315 e. The highest BCUT2D eigenvalue weighted by Crippen LogP contribution is 2.47. The Kier molecular flexibility index (Phi) is 4.15. The average molecular weight is 288 g/mol. The molecule has 0 heterocycles. The minimum absolute atomic E-state index is 0.00584. The third kappa shape index (κ3) is 2.91. The first-order valence-corrected chi connectivity index (χ1v) is 7.98. The number of benzene rings is 1. The summed E-state index contributed by atoms with van der Waals surface area (Å²) in [5, 5.41) is 14.9. The molecule has 2 unspecified atom stereocenters. The van der Waals surface area contributed by atoms with Crippen molar-refractivity contribution in [3.63, 3.8) is 0 Å². The molecular weight excluding hydrogens is 264 g/mol. The van der Waals surface area contributed by atoms with Crippen molar-refractivity contribution in [1.82, 2.24) is 10.6 Å². The Morgan fingerprint density at radius 3 is 3.14 bits per heavy atom. The molecule has 3 N–H and O–H groups in total. The van der Waals surface area contributed by atoms with Gasteiger partial charge >= 0.3 is 6.03 Å². The summed E-state index contributed by atoms with van der Waals surface area (Å²) in [4.78, 5) is 12.1. The zero-order valence-electron chi connectivity index (χ0n) is 12.6. The van der Waals surface area contributed by atoms with Crippen LogP contribution in [0.15, 0.2) is 18.2 Å². The van der Waals surface area contributed by atoms with Gasteiger partial charge in [0.2, 0.25) is 0 Å². The van der Waals surface area contributed by atoms with Crippen molar-refractivity contribution >= 4 is 6.03 Å². The van der Waals surface area contributed by atoms with E-state index in [1.54, 1.807) is 0 Å². The van der Waals surface area contributed by atoms with E-state index in [1.165, 1.54) is 36.0 Å². The van der Waals surface area contributed by atoms with Gasteiger partial charge in [-0.3, -0.25) is 0 Å². The molecule has 0 aliphatic heterocycles. The van der Waals surface area contributed by atoms with Crippen molar-refractivity contribution in [3.8, 4) is 0 Å². The number of hydrogen-bond donors (Lipinski definition) is 3. The number of urea groups is 1.